The van der Waals surface area contributed by atoms with Gasteiger partial charge < -0.3 is 0 Å². The van der Waals surface area contributed by atoms with Crippen LogP contribution in [0.15, 0.2) is 29.2 Å². The summed E-state index contributed by atoms with van der Waals surface area (Å²) in [6.07, 6.45) is 0.931. The van der Waals surface area contributed by atoms with Gasteiger partial charge in [-0.05, 0) is 24.4 Å². The van der Waals surface area contributed by atoms with Gasteiger partial charge in [0, 0.05) is 17.0 Å². The second kappa shape index (κ2) is 4.69. The summed E-state index contributed by atoms with van der Waals surface area (Å²) < 4.78 is 1.87. The Bertz CT molecular complexity index is 453. The van der Waals surface area contributed by atoms with Crippen LogP contribution in [0.2, 0.25) is 0 Å². The van der Waals surface area contributed by atoms with Crippen molar-refractivity contribution in [1.29, 1.82) is 5.26 Å². The van der Waals surface area contributed by atoms with Gasteiger partial charge in [0.2, 0.25) is 0 Å². The van der Waals surface area contributed by atoms with Crippen molar-refractivity contribution in [2.45, 2.75) is 24.3 Å². The lowest BCUT2D eigenvalue weighted by Gasteiger charge is -2.29. The average Bonchev–Trinajstić information content (AvgIpc) is 2.30. The van der Waals surface area contributed by atoms with E-state index in [-0.39, 0.29) is 5.78 Å². The van der Waals surface area contributed by atoms with E-state index in [1.54, 1.807) is 6.07 Å². The van der Waals surface area contributed by atoms with Crippen LogP contribution in [-0.2, 0) is 0 Å². The van der Waals surface area contributed by atoms with Crippen molar-refractivity contribution in [2.24, 2.45) is 0 Å². The van der Waals surface area contributed by atoms with Crippen molar-refractivity contribution >= 4 is 17.7 Å². The van der Waals surface area contributed by atoms with Gasteiger partial charge in [-0.3, -0.25) is 4.79 Å². The molecule has 1 heterocycles. The molecule has 1 aliphatic heterocycles. The maximum atomic E-state index is 12.1. The van der Waals surface area contributed by atoms with Crippen LogP contribution in [0.4, 0.5) is 0 Å². The lowest BCUT2D eigenvalue weighted by atomic mass is 10.0. The molecular formula is C12H12N2OS. The van der Waals surface area contributed by atoms with Gasteiger partial charge in [-0.25, -0.2) is 4.31 Å². The van der Waals surface area contributed by atoms with Gasteiger partial charge in [0.15, 0.2) is 11.8 Å². The predicted molar refractivity (Wildman–Crippen MR) is 63.0 cm³/mol. The van der Waals surface area contributed by atoms with Gasteiger partial charge in [-0.15, -0.1) is 0 Å². The first kappa shape index (κ1) is 11.2. The monoisotopic (exact) mass is 232 g/mol. The molecule has 1 atom stereocenters. The molecule has 0 N–H and O–H groups in total. The van der Waals surface area contributed by atoms with E-state index in [4.69, 9.17) is 5.26 Å². The van der Waals surface area contributed by atoms with Crippen molar-refractivity contribution in [3.8, 4) is 6.07 Å². The fourth-order valence-corrected chi connectivity index (χ4v) is 2.91. The van der Waals surface area contributed by atoms with Gasteiger partial charge >= 0.3 is 0 Å². The van der Waals surface area contributed by atoms with E-state index in [1.807, 2.05) is 29.4 Å². The first-order valence-electron chi connectivity index (χ1n) is 5.25. The minimum absolute atomic E-state index is 0.0784. The van der Waals surface area contributed by atoms with Crippen LogP contribution in [0.25, 0.3) is 0 Å². The molecule has 0 spiro atoms. The first-order valence-corrected chi connectivity index (χ1v) is 6.02. The van der Waals surface area contributed by atoms with Crippen molar-refractivity contribution < 1.29 is 4.79 Å². The molecule has 16 heavy (non-hydrogen) atoms. The van der Waals surface area contributed by atoms with Crippen LogP contribution in [0.1, 0.15) is 23.7 Å². The number of rotatable bonds is 2. The highest BCUT2D eigenvalue weighted by atomic mass is 32.2. The van der Waals surface area contributed by atoms with Gasteiger partial charge in [-0.2, -0.15) is 5.26 Å². The summed E-state index contributed by atoms with van der Waals surface area (Å²) in [5.41, 5.74) is 0.673. The summed E-state index contributed by atoms with van der Waals surface area (Å²) in [4.78, 5) is 13.0. The summed E-state index contributed by atoms with van der Waals surface area (Å²) in [5.74, 6) is -0.0784. The van der Waals surface area contributed by atoms with Crippen LogP contribution in [0.3, 0.4) is 0 Å². The summed E-state index contributed by atoms with van der Waals surface area (Å²) in [5, 5.41) is 9.06. The molecule has 2 rings (SSSR count). The third-order valence-electron chi connectivity index (χ3n) is 2.47. The Balaban J connectivity index is 2.38. The van der Waals surface area contributed by atoms with E-state index < -0.39 is 6.04 Å². The maximum Gasteiger partial charge on any atom is 0.196 e. The lowest BCUT2D eigenvalue weighted by Crippen LogP contribution is -2.39. The summed E-state index contributed by atoms with van der Waals surface area (Å²) in [6, 6.07) is 8.91. The van der Waals surface area contributed by atoms with Crippen molar-refractivity contribution in [3.05, 3.63) is 29.8 Å². The fourth-order valence-electron chi connectivity index (χ4n) is 1.73. The number of benzene rings is 1. The number of nitrogens with zero attached hydrogens (tertiary/aromatic N) is 2. The Morgan fingerprint density at radius 3 is 2.94 bits per heavy atom. The van der Waals surface area contributed by atoms with E-state index >= 15 is 0 Å². The molecule has 0 aliphatic carbocycles. The fraction of sp³-hybridized carbons (Fsp3) is 0.333. The number of carbonyl (C=O) groups excluding carboxylic acids is 1. The zero-order valence-electron chi connectivity index (χ0n) is 9.01. The molecule has 82 valence electrons. The van der Waals surface area contributed by atoms with Gasteiger partial charge in [0.25, 0.3) is 0 Å². The van der Waals surface area contributed by atoms with Crippen LogP contribution in [0, 0.1) is 11.3 Å². The minimum atomic E-state index is -0.639. The quantitative estimate of drug-likeness (QED) is 0.735. The third-order valence-corrected chi connectivity index (χ3v) is 3.65. The van der Waals surface area contributed by atoms with Gasteiger partial charge in [0.1, 0.15) is 0 Å². The number of ketones is 1. The van der Waals surface area contributed by atoms with Crippen LogP contribution in [0.5, 0.6) is 0 Å². The topological polar surface area (TPSA) is 44.1 Å². The van der Waals surface area contributed by atoms with Crippen molar-refractivity contribution in [3.63, 3.8) is 0 Å². The van der Waals surface area contributed by atoms with Gasteiger partial charge in [-0.1, -0.05) is 25.1 Å². The Hall–Kier alpha value is -1.31. The predicted octanol–water partition coefficient (Wildman–Crippen LogP) is 2.49. The van der Waals surface area contributed by atoms with E-state index in [0.29, 0.717) is 5.56 Å². The zero-order valence-corrected chi connectivity index (χ0v) is 9.83. The Morgan fingerprint density at radius 2 is 2.25 bits per heavy atom. The SMILES string of the molecule is CCCN1Sc2ccccc2C(=O)C1C#N. The molecule has 0 saturated carbocycles. The van der Waals surface area contributed by atoms with E-state index in [0.717, 1.165) is 17.9 Å². The second-order valence-corrected chi connectivity index (χ2v) is 4.72. The second-order valence-electron chi connectivity index (χ2n) is 3.62. The molecule has 0 amide bonds. The Labute approximate surface area is 99.2 Å². The molecule has 0 aromatic heterocycles. The number of hydrogen-bond acceptors (Lipinski definition) is 4. The Morgan fingerprint density at radius 1 is 1.50 bits per heavy atom. The van der Waals surface area contributed by atoms with Crippen LogP contribution >= 0.6 is 11.9 Å². The highest BCUT2D eigenvalue weighted by molar-refractivity contribution is 7.97. The highest BCUT2D eigenvalue weighted by Gasteiger charge is 2.33. The number of Topliss-reactive ketones (excluding diaryl/α,β-unsaturated/α-hetero) is 1. The summed E-state index contributed by atoms with van der Waals surface area (Å²) >= 11 is 1.51. The highest BCUT2D eigenvalue weighted by Crippen LogP contribution is 2.34. The Kier molecular flexibility index (Phi) is 3.28. The molecule has 0 radical (unpaired) electrons. The molecule has 1 aliphatic rings. The number of carbonyl (C=O) groups is 1. The zero-order chi connectivity index (χ0) is 11.5. The number of nitriles is 1. The molecule has 0 saturated heterocycles. The van der Waals surface area contributed by atoms with E-state index in [9.17, 15) is 4.79 Å². The van der Waals surface area contributed by atoms with E-state index in [1.165, 1.54) is 11.9 Å². The lowest BCUT2D eigenvalue weighted by molar-refractivity contribution is 0.0927. The molecule has 0 bridgehead atoms. The third kappa shape index (κ3) is 1.84. The van der Waals surface area contributed by atoms with Crippen molar-refractivity contribution in [2.75, 3.05) is 6.54 Å². The molecular weight excluding hydrogens is 220 g/mol. The smallest absolute Gasteiger partial charge is 0.196 e. The number of fused-ring (bicyclic) bond motifs is 1. The molecule has 4 heteroatoms. The van der Waals surface area contributed by atoms with Gasteiger partial charge in [0.05, 0.1) is 6.07 Å². The van der Waals surface area contributed by atoms with Crippen LogP contribution < -0.4 is 0 Å². The minimum Gasteiger partial charge on any atom is -0.291 e. The molecule has 0 fully saturated rings. The summed E-state index contributed by atoms with van der Waals surface area (Å²) in [7, 11) is 0. The molecule has 3 nitrogen and oxygen atoms in total. The number of hydrogen-bond donors (Lipinski definition) is 0. The van der Waals surface area contributed by atoms with Crippen molar-refractivity contribution in [1.82, 2.24) is 4.31 Å². The summed E-state index contributed by atoms with van der Waals surface area (Å²) in [6.45, 7) is 2.79. The normalized spacial score (nSPS) is 20.2. The molecule has 1 aromatic carbocycles. The van der Waals surface area contributed by atoms with Crippen LogP contribution in [-0.4, -0.2) is 22.7 Å². The maximum absolute atomic E-state index is 12.1. The van der Waals surface area contributed by atoms with E-state index in [2.05, 4.69) is 6.07 Å². The molecule has 1 aromatic rings. The largest absolute Gasteiger partial charge is 0.291 e. The molecule has 1 unspecified atom stereocenters. The average molecular weight is 232 g/mol. The first-order chi connectivity index (χ1) is 7.77. The standard InChI is InChI=1S/C12H12N2OS/c1-2-7-14-10(8-13)12(15)9-5-3-4-6-11(9)16-14/h3-6,10H,2,7H2,1H3.